The van der Waals surface area contributed by atoms with E-state index in [0.717, 1.165) is 13.0 Å². The minimum Gasteiger partial charge on any atom is -0.480 e. The Balaban J connectivity index is 2.53. The van der Waals surface area contributed by atoms with E-state index in [9.17, 15) is 4.79 Å². The minimum absolute atomic E-state index is 0.168. The smallest absolute Gasteiger partial charge is 0.320 e. The van der Waals surface area contributed by atoms with Crippen LogP contribution in [0.25, 0.3) is 0 Å². The highest BCUT2D eigenvalue weighted by atomic mass is 16.4. The van der Waals surface area contributed by atoms with Crippen LogP contribution >= 0.6 is 0 Å². The summed E-state index contributed by atoms with van der Waals surface area (Å²) in [6.07, 6.45) is 6.46. The van der Waals surface area contributed by atoms with Crippen molar-refractivity contribution >= 4 is 5.97 Å². The highest BCUT2D eigenvalue weighted by Crippen LogP contribution is 2.33. The summed E-state index contributed by atoms with van der Waals surface area (Å²) in [5.74, 6) is -0.723. The highest BCUT2D eigenvalue weighted by molar-refractivity contribution is 5.73. The van der Waals surface area contributed by atoms with E-state index in [2.05, 4.69) is 24.3 Å². The molecule has 0 aromatic rings. The summed E-state index contributed by atoms with van der Waals surface area (Å²) < 4.78 is 0. The van der Waals surface area contributed by atoms with Crippen LogP contribution in [0.5, 0.6) is 0 Å². The molecule has 0 bridgehead atoms. The summed E-state index contributed by atoms with van der Waals surface area (Å²) in [4.78, 5) is 13.4. The summed E-state index contributed by atoms with van der Waals surface area (Å²) in [6, 6.07) is -0.391. The molecule has 1 atom stereocenters. The first-order valence-electron chi connectivity index (χ1n) is 6.65. The number of rotatable bonds is 7. The first-order chi connectivity index (χ1) is 8.02. The Morgan fingerprint density at radius 3 is 2.41 bits per heavy atom. The van der Waals surface area contributed by atoms with Crippen LogP contribution in [0.4, 0.5) is 0 Å². The van der Waals surface area contributed by atoms with Gasteiger partial charge in [-0.25, -0.2) is 0 Å². The van der Waals surface area contributed by atoms with Gasteiger partial charge in [-0.2, -0.15) is 0 Å². The number of carboxylic acids is 1. The second kappa shape index (κ2) is 6.36. The van der Waals surface area contributed by atoms with E-state index in [-0.39, 0.29) is 5.54 Å². The second-order valence-corrected chi connectivity index (χ2v) is 5.39. The van der Waals surface area contributed by atoms with Crippen LogP contribution in [0, 0.1) is 0 Å². The molecule has 1 rings (SSSR count). The van der Waals surface area contributed by atoms with Crippen molar-refractivity contribution in [3.63, 3.8) is 0 Å². The summed E-state index contributed by atoms with van der Waals surface area (Å²) in [7, 11) is 4.20. The van der Waals surface area contributed by atoms with Crippen molar-refractivity contribution in [1.82, 2.24) is 10.2 Å². The van der Waals surface area contributed by atoms with Crippen molar-refractivity contribution in [2.24, 2.45) is 0 Å². The Bertz CT molecular complexity index is 248. The molecule has 4 heteroatoms. The van der Waals surface area contributed by atoms with Crippen molar-refractivity contribution in [2.75, 3.05) is 20.6 Å². The normalized spacial score (nSPS) is 20.7. The molecule has 0 heterocycles. The standard InChI is InChI=1S/C13H26N2O2/c1-4-7-11(12(16)17)14-10-13(15(2)3)8-5-6-9-13/h11,14H,4-10H2,1-3H3,(H,16,17). The third kappa shape index (κ3) is 3.68. The van der Waals surface area contributed by atoms with Gasteiger partial charge in [-0.15, -0.1) is 0 Å². The summed E-state index contributed by atoms with van der Waals surface area (Å²) in [5, 5.41) is 12.4. The van der Waals surface area contributed by atoms with Gasteiger partial charge in [0.2, 0.25) is 0 Å². The molecular weight excluding hydrogens is 216 g/mol. The number of nitrogens with zero attached hydrogens (tertiary/aromatic N) is 1. The number of hydrogen-bond acceptors (Lipinski definition) is 3. The molecule has 0 aromatic heterocycles. The van der Waals surface area contributed by atoms with Gasteiger partial charge in [-0.3, -0.25) is 4.79 Å². The predicted molar refractivity (Wildman–Crippen MR) is 69.2 cm³/mol. The molecule has 0 amide bonds. The topological polar surface area (TPSA) is 52.6 Å². The molecule has 0 radical (unpaired) electrons. The van der Waals surface area contributed by atoms with E-state index >= 15 is 0 Å². The number of carboxylic acid groups (broad SMARTS) is 1. The van der Waals surface area contributed by atoms with Crippen molar-refractivity contribution in [2.45, 2.75) is 57.0 Å². The maximum atomic E-state index is 11.1. The molecule has 1 aliphatic carbocycles. The van der Waals surface area contributed by atoms with Crippen molar-refractivity contribution in [3.05, 3.63) is 0 Å². The van der Waals surface area contributed by atoms with Gasteiger partial charge in [0.15, 0.2) is 0 Å². The van der Waals surface area contributed by atoms with E-state index < -0.39 is 12.0 Å². The van der Waals surface area contributed by atoms with Crippen molar-refractivity contribution < 1.29 is 9.90 Å². The van der Waals surface area contributed by atoms with Gasteiger partial charge in [0, 0.05) is 12.1 Å². The molecule has 2 N–H and O–H groups in total. The Hall–Kier alpha value is -0.610. The Morgan fingerprint density at radius 1 is 1.41 bits per heavy atom. The molecule has 17 heavy (non-hydrogen) atoms. The summed E-state index contributed by atoms with van der Waals surface area (Å²) in [5.41, 5.74) is 0.168. The van der Waals surface area contributed by atoms with Gasteiger partial charge in [0.1, 0.15) is 6.04 Å². The highest BCUT2D eigenvalue weighted by Gasteiger charge is 2.36. The summed E-state index contributed by atoms with van der Waals surface area (Å²) >= 11 is 0. The fraction of sp³-hybridized carbons (Fsp3) is 0.923. The largest absolute Gasteiger partial charge is 0.480 e. The van der Waals surface area contributed by atoms with Gasteiger partial charge >= 0.3 is 5.97 Å². The van der Waals surface area contributed by atoms with Crippen LogP contribution < -0.4 is 5.32 Å². The van der Waals surface area contributed by atoms with Gasteiger partial charge in [0.05, 0.1) is 0 Å². The Morgan fingerprint density at radius 2 is 2.00 bits per heavy atom. The molecule has 0 spiro atoms. The van der Waals surface area contributed by atoms with E-state index in [1.807, 2.05) is 6.92 Å². The van der Waals surface area contributed by atoms with E-state index in [0.29, 0.717) is 6.42 Å². The van der Waals surface area contributed by atoms with Gasteiger partial charge in [0.25, 0.3) is 0 Å². The molecule has 4 nitrogen and oxygen atoms in total. The Labute approximate surface area is 104 Å². The lowest BCUT2D eigenvalue weighted by Crippen LogP contribution is -2.53. The van der Waals surface area contributed by atoms with Crippen LogP contribution in [-0.4, -0.2) is 48.2 Å². The first-order valence-corrected chi connectivity index (χ1v) is 6.65. The maximum Gasteiger partial charge on any atom is 0.320 e. The van der Waals surface area contributed by atoms with Crippen molar-refractivity contribution in [1.29, 1.82) is 0 Å². The lowest BCUT2D eigenvalue weighted by atomic mass is 9.95. The third-order valence-electron chi connectivity index (χ3n) is 4.04. The van der Waals surface area contributed by atoms with E-state index in [1.54, 1.807) is 0 Å². The van der Waals surface area contributed by atoms with Crippen LogP contribution in [0.1, 0.15) is 45.4 Å². The van der Waals surface area contributed by atoms with Crippen LogP contribution in [0.2, 0.25) is 0 Å². The zero-order chi connectivity index (χ0) is 12.9. The monoisotopic (exact) mass is 242 g/mol. The summed E-state index contributed by atoms with van der Waals surface area (Å²) in [6.45, 7) is 2.81. The quantitative estimate of drug-likeness (QED) is 0.713. The molecule has 1 fully saturated rings. The van der Waals surface area contributed by atoms with Crippen LogP contribution in [0.3, 0.4) is 0 Å². The lowest BCUT2D eigenvalue weighted by molar-refractivity contribution is -0.139. The first kappa shape index (κ1) is 14.5. The van der Waals surface area contributed by atoms with Crippen molar-refractivity contribution in [3.8, 4) is 0 Å². The number of aliphatic carboxylic acids is 1. The third-order valence-corrected chi connectivity index (χ3v) is 4.04. The van der Waals surface area contributed by atoms with Crippen LogP contribution in [0.15, 0.2) is 0 Å². The second-order valence-electron chi connectivity index (χ2n) is 5.39. The number of nitrogens with one attached hydrogen (secondary N) is 1. The molecule has 1 unspecified atom stereocenters. The average molecular weight is 242 g/mol. The molecule has 1 aliphatic rings. The molecular formula is C13H26N2O2. The van der Waals surface area contributed by atoms with Gasteiger partial charge in [-0.1, -0.05) is 26.2 Å². The SMILES string of the molecule is CCCC(NCC1(N(C)C)CCCC1)C(=O)O. The Kier molecular flexibility index (Phi) is 5.40. The molecule has 0 aliphatic heterocycles. The van der Waals surface area contributed by atoms with E-state index in [4.69, 9.17) is 5.11 Å². The number of hydrogen-bond donors (Lipinski definition) is 2. The molecule has 1 saturated carbocycles. The number of carbonyl (C=O) groups is 1. The van der Waals surface area contributed by atoms with Gasteiger partial charge < -0.3 is 15.3 Å². The zero-order valence-electron chi connectivity index (χ0n) is 11.3. The maximum absolute atomic E-state index is 11.1. The lowest BCUT2D eigenvalue weighted by Gasteiger charge is -2.37. The zero-order valence-corrected chi connectivity index (χ0v) is 11.3. The molecule has 0 saturated heterocycles. The minimum atomic E-state index is -0.723. The van der Waals surface area contributed by atoms with E-state index in [1.165, 1.54) is 25.7 Å². The molecule has 100 valence electrons. The average Bonchev–Trinajstić information content (AvgIpc) is 2.73. The predicted octanol–water partition coefficient (Wildman–Crippen LogP) is 1.70. The number of likely N-dealkylation sites (N-methyl/N-ethyl adjacent to an activating group) is 1. The van der Waals surface area contributed by atoms with Crippen LogP contribution in [-0.2, 0) is 4.79 Å². The fourth-order valence-corrected chi connectivity index (χ4v) is 2.73. The fourth-order valence-electron chi connectivity index (χ4n) is 2.73. The molecule has 0 aromatic carbocycles. The van der Waals surface area contributed by atoms with Gasteiger partial charge in [-0.05, 0) is 33.4 Å².